The quantitative estimate of drug-likeness (QED) is 0.710. The summed E-state index contributed by atoms with van der Waals surface area (Å²) in [6.07, 6.45) is 1.77. The molecule has 2 N–H and O–H groups in total. The van der Waals surface area contributed by atoms with Crippen molar-refractivity contribution in [3.05, 3.63) is 11.7 Å². The summed E-state index contributed by atoms with van der Waals surface area (Å²) in [7, 11) is 0. The molecule has 0 spiro atoms. The van der Waals surface area contributed by atoms with Gasteiger partial charge in [-0.25, -0.2) is 0 Å². The van der Waals surface area contributed by atoms with Crippen molar-refractivity contribution in [3.63, 3.8) is 0 Å². The lowest BCUT2D eigenvalue weighted by molar-refractivity contribution is -0.144. The number of thioether (sulfide) groups is 1. The second kappa shape index (κ2) is 8.10. The number of carbonyl (C=O) groups excluding carboxylic acids is 1. The van der Waals surface area contributed by atoms with E-state index in [1.54, 1.807) is 6.92 Å². The van der Waals surface area contributed by atoms with E-state index in [9.17, 15) is 4.79 Å². The predicted molar refractivity (Wildman–Crippen MR) is 69.1 cm³/mol. The Bertz CT molecular complexity index is 370. The van der Waals surface area contributed by atoms with Gasteiger partial charge in [0.05, 0.1) is 12.4 Å². The Morgan fingerprint density at radius 1 is 1.56 bits per heavy atom. The van der Waals surface area contributed by atoms with Gasteiger partial charge in [-0.05, 0) is 13.3 Å². The summed E-state index contributed by atoms with van der Waals surface area (Å²) in [5, 5.41) is 3.85. The molecule has 1 rings (SSSR count). The van der Waals surface area contributed by atoms with Crippen molar-refractivity contribution in [2.24, 2.45) is 5.73 Å². The molecule has 1 aromatic rings. The van der Waals surface area contributed by atoms with Gasteiger partial charge in [0.1, 0.15) is 6.04 Å². The molecule has 18 heavy (non-hydrogen) atoms. The third-order valence-corrected chi connectivity index (χ3v) is 3.15. The zero-order chi connectivity index (χ0) is 13.4. The second-order valence-corrected chi connectivity index (χ2v) is 4.76. The van der Waals surface area contributed by atoms with Gasteiger partial charge in [-0.2, -0.15) is 16.7 Å². The molecule has 0 radical (unpaired) electrons. The lowest BCUT2D eigenvalue weighted by Gasteiger charge is -2.08. The SMILES string of the molecule is CCCc1nc(CSCC(N)C(=O)OCC)no1. The van der Waals surface area contributed by atoms with E-state index in [1.165, 1.54) is 11.8 Å². The first-order chi connectivity index (χ1) is 8.67. The molecule has 0 aromatic carbocycles. The van der Waals surface area contributed by atoms with Gasteiger partial charge in [-0.15, -0.1) is 0 Å². The van der Waals surface area contributed by atoms with E-state index in [-0.39, 0.29) is 5.97 Å². The largest absolute Gasteiger partial charge is 0.465 e. The van der Waals surface area contributed by atoms with Gasteiger partial charge in [0.15, 0.2) is 5.82 Å². The molecule has 0 saturated heterocycles. The third kappa shape index (κ3) is 5.05. The Hall–Kier alpha value is -1.08. The van der Waals surface area contributed by atoms with E-state index in [0.29, 0.717) is 29.8 Å². The van der Waals surface area contributed by atoms with Crippen LogP contribution in [0.5, 0.6) is 0 Å². The normalized spacial score (nSPS) is 12.4. The first-order valence-electron chi connectivity index (χ1n) is 5.98. The van der Waals surface area contributed by atoms with Crippen LogP contribution in [0.3, 0.4) is 0 Å². The van der Waals surface area contributed by atoms with Crippen LogP contribution in [0.2, 0.25) is 0 Å². The fourth-order valence-electron chi connectivity index (χ4n) is 1.26. The van der Waals surface area contributed by atoms with E-state index in [2.05, 4.69) is 17.1 Å². The van der Waals surface area contributed by atoms with E-state index in [1.807, 2.05) is 0 Å². The van der Waals surface area contributed by atoms with Crippen LogP contribution in [0.1, 0.15) is 32.0 Å². The van der Waals surface area contributed by atoms with Crippen molar-refractivity contribution in [3.8, 4) is 0 Å². The molecular formula is C11H19N3O3S. The Labute approximate surface area is 111 Å². The van der Waals surface area contributed by atoms with Crippen LogP contribution in [0.25, 0.3) is 0 Å². The first-order valence-corrected chi connectivity index (χ1v) is 7.14. The van der Waals surface area contributed by atoms with Crippen molar-refractivity contribution in [1.82, 2.24) is 10.1 Å². The minimum Gasteiger partial charge on any atom is -0.465 e. The van der Waals surface area contributed by atoms with Crippen LogP contribution in [-0.2, 0) is 21.7 Å². The molecule has 0 saturated carbocycles. The van der Waals surface area contributed by atoms with E-state index >= 15 is 0 Å². The monoisotopic (exact) mass is 273 g/mol. The van der Waals surface area contributed by atoms with Gasteiger partial charge in [-0.3, -0.25) is 4.79 Å². The number of nitrogens with zero attached hydrogens (tertiary/aromatic N) is 2. The highest BCUT2D eigenvalue weighted by molar-refractivity contribution is 7.98. The smallest absolute Gasteiger partial charge is 0.323 e. The molecule has 1 aromatic heterocycles. The standard InChI is InChI=1S/C11H19N3O3S/c1-3-5-10-13-9(14-17-10)7-18-6-8(12)11(15)16-4-2/h8H,3-7,12H2,1-2H3. The summed E-state index contributed by atoms with van der Waals surface area (Å²) in [5.74, 6) is 1.99. The van der Waals surface area contributed by atoms with E-state index in [0.717, 1.165) is 12.8 Å². The van der Waals surface area contributed by atoms with Gasteiger partial charge < -0.3 is 15.0 Å². The van der Waals surface area contributed by atoms with Gasteiger partial charge in [0.2, 0.25) is 5.89 Å². The third-order valence-electron chi connectivity index (χ3n) is 2.09. The van der Waals surface area contributed by atoms with Gasteiger partial charge in [-0.1, -0.05) is 12.1 Å². The van der Waals surface area contributed by atoms with Crippen LogP contribution >= 0.6 is 11.8 Å². The highest BCUT2D eigenvalue weighted by Gasteiger charge is 2.15. The molecule has 0 amide bonds. The van der Waals surface area contributed by atoms with Crippen LogP contribution in [0.15, 0.2) is 4.52 Å². The Morgan fingerprint density at radius 2 is 2.33 bits per heavy atom. The summed E-state index contributed by atoms with van der Waals surface area (Å²) >= 11 is 1.49. The summed E-state index contributed by atoms with van der Waals surface area (Å²) in [6.45, 7) is 4.16. The zero-order valence-electron chi connectivity index (χ0n) is 10.7. The maximum Gasteiger partial charge on any atom is 0.323 e. The average Bonchev–Trinajstić information content (AvgIpc) is 2.77. The van der Waals surface area contributed by atoms with Crippen molar-refractivity contribution in [2.75, 3.05) is 12.4 Å². The lowest BCUT2D eigenvalue weighted by Crippen LogP contribution is -2.34. The fraction of sp³-hybridized carbons (Fsp3) is 0.727. The molecular weight excluding hydrogens is 254 g/mol. The topological polar surface area (TPSA) is 91.2 Å². The second-order valence-electron chi connectivity index (χ2n) is 3.73. The van der Waals surface area contributed by atoms with Crippen LogP contribution in [0, 0.1) is 0 Å². The number of carbonyl (C=O) groups is 1. The van der Waals surface area contributed by atoms with Crippen molar-refractivity contribution < 1.29 is 14.1 Å². The molecule has 0 aliphatic heterocycles. The van der Waals surface area contributed by atoms with Crippen LogP contribution in [-0.4, -0.2) is 34.5 Å². The molecule has 1 atom stereocenters. The Kier molecular flexibility index (Phi) is 6.74. The molecule has 102 valence electrons. The highest BCUT2D eigenvalue weighted by Crippen LogP contribution is 2.11. The molecule has 0 bridgehead atoms. The van der Waals surface area contributed by atoms with Crippen molar-refractivity contribution in [2.45, 2.75) is 38.5 Å². The lowest BCUT2D eigenvalue weighted by atomic mass is 10.3. The highest BCUT2D eigenvalue weighted by atomic mass is 32.2. The molecule has 1 heterocycles. The molecule has 7 heteroatoms. The minimum absolute atomic E-state index is 0.350. The predicted octanol–water partition coefficient (Wildman–Crippen LogP) is 1.15. The number of hydrogen-bond acceptors (Lipinski definition) is 7. The minimum atomic E-state index is -0.600. The number of aryl methyl sites for hydroxylation is 1. The van der Waals surface area contributed by atoms with Crippen LogP contribution in [0.4, 0.5) is 0 Å². The van der Waals surface area contributed by atoms with Crippen molar-refractivity contribution >= 4 is 17.7 Å². The molecule has 0 aliphatic carbocycles. The molecule has 6 nitrogen and oxygen atoms in total. The van der Waals surface area contributed by atoms with Gasteiger partial charge in [0, 0.05) is 12.2 Å². The Morgan fingerprint density at radius 3 is 3.00 bits per heavy atom. The number of ether oxygens (including phenoxy) is 1. The van der Waals surface area contributed by atoms with Gasteiger partial charge >= 0.3 is 5.97 Å². The van der Waals surface area contributed by atoms with Crippen molar-refractivity contribution in [1.29, 1.82) is 0 Å². The number of rotatable bonds is 8. The number of aromatic nitrogens is 2. The number of esters is 1. The zero-order valence-corrected chi connectivity index (χ0v) is 11.5. The summed E-state index contributed by atoms with van der Waals surface area (Å²) < 4.78 is 9.87. The summed E-state index contributed by atoms with van der Waals surface area (Å²) in [4.78, 5) is 15.5. The summed E-state index contributed by atoms with van der Waals surface area (Å²) in [5.41, 5.74) is 5.66. The summed E-state index contributed by atoms with van der Waals surface area (Å²) in [6, 6.07) is -0.600. The fourth-order valence-corrected chi connectivity index (χ4v) is 2.07. The number of nitrogens with two attached hydrogens (primary N) is 1. The number of hydrogen-bond donors (Lipinski definition) is 1. The first kappa shape index (κ1) is 15.0. The average molecular weight is 273 g/mol. The molecule has 0 fully saturated rings. The van der Waals surface area contributed by atoms with Crippen LogP contribution < -0.4 is 5.73 Å². The van der Waals surface area contributed by atoms with E-state index in [4.69, 9.17) is 15.0 Å². The maximum atomic E-state index is 11.3. The maximum absolute atomic E-state index is 11.3. The Balaban J connectivity index is 2.26. The molecule has 1 unspecified atom stereocenters. The van der Waals surface area contributed by atoms with Gasteiger partial charge in [0.25, 0.3) is 0 Å². The molecule has 0 aliphatic rings. The van der Waals surface area contributed by atoms with E-state index < -0.39 is 6.04 Å².